The van der Waals surface area contributed by atoms with Crippen molar-refractivity contribution in [1.29, 1.82) is 0 Å². The normalized spacial score (nSPS) is 10.9. The Labute approximate surface area is 168 Å². The van der Waals surface area contributed by atoms with Crippen molar-refractivity contribution in [3.05, 3.63) is 58.5 Å². The van der Waals surface area contributed by atoms with Crippen LogP contribution >= 0.6 is 0 Å². The number of fused-ring (bicyclic) bond motifs is 1. The van der Waals surface area contributed by atoms with Crippen molar-refractivity contribution >= 4 is 16.7 Å². The lowest BCUT2D eigenvalue weighted by atomic mass is 10.1. The van der Waals surface area contributed by atoms with Gasteiger partial charge in [-0.1, -0.05) is 18.2 Å². The van der Waals surface area contributed by atoms with Crippen LogP contribution in [0.1, 0.15) is 10.5 Å². The molecule has 2 aromatic carbocycles. The van der Waals surface area contributed by atoms with Crippen molar-refractivity contribution < 1.29 is 14.3 Å². The number of hydrogen-bond donors (Lipinski definition) is 1. The van der Waals surface area contributed by atoms with Gasteiger partial charge in [-0.3, -0.25) is 9.59 Å². The maximum Gasteiger partial charge on any atom is 0.279 e. The summed E-state index contributed by atoms with van der Waals surface area (Å²) in [5.74, 6) is 0.651. The highest BCUT2D eigenvalue weighted by Crippen LogP contribution is 2.27. The van der Waals surface area contributed by atoms with Crippen LogP contribution in [-0.4, -0.2) is 62.0 Å². The van der Waals surface area contributed by atoms with E-state index in [1.54, 1.807) is 49.6 Å². The zero-order valence-corrected chi connectivity index (χ0v) is 16.9. The SMILES string of the molecule is COc1ccc(-n2nc(C(=O)NCCN(C)C)c3ccccc3c2=O)c(OC)c1. The van der Waals surface area contributed by atoms with Crippen molar-refractivity contribution in [2.75, 3.05) is 41.4 Å². The van der Waals surface area contributed by atoms with E-state index >= 15 is 0 Å². The second-order valence-corrected chi connectivity index (χ2v) is 6.71. The zero-order chi connectivity index (χ0) is 21.0. The fourth-order valence-electron chi connectivity index (χ4n) is 2.96. The summed E-state index contributed by atoms with van der Waals surface area (Å²) < 4.78 is 11.8. The Morgan fingerprint density at radius 3 is 2.48 bits per heavy atom. The number of amides is 1. The summed E-state index contributed by atoms with van der Waals surface area (Å²) in [6.07, 6.45) is 0. The molecule has 0 saturated heterocycles. The van der Waals surface area contributed by atoms with Gasteiger partial charge in [0.2, 0.25) is 0 Å². The molecule has 0 spiro atoms. The molecule has 0 atom stereocenters. The molecule has 0 aliphatic rings. The van der Waals surface area contributed by atoms with Crippen LogP contribution in [0.4, 0.5) is 0 Å². The Morgan fingerprint density at radius 2 is 1.83 bits per heavy atom. The minimum absolute atomic E-state index is 0.178. The molecule has 29 heavy (non-hydrogen) atoms. The van der Waals surface area contributed by atoms with E-state index in [-0.39, 0.29) is 17.2 Å². The third kappa shape index (κ3) is 4.22. The average molecular weight is 396 g/mol. The molecular weight excluding hydrogens is 372 g/mol. The Balaban J connectivity index is 2.16. The summed E-state index contributed by atoms with van der Waals surface area (Å²) in [7, 11) is 6.90. The number of nitrogens with zero attached hydrogens (tertiary/aromatic N) is 3. The molecule has 1 N–H and O–H groups in total. The van der Waals surface area contributed by atoms with E-state index in [0.717, 1.165) is 0 Å². The molecule has 3 aromatic rings. The fraction of sp³-hybridized carbons (Fsp3) is 0.286. The van der Waals surface area contributed by atoms with Crippen LogP contribution in [0.5, 0.6) is 11.5 Å². The topological polar surface area (TPSA) is 85.7 Å². The van der Waals surface area contributed by atoms with Crippen molar-refractivity contribution in [2.24, 2.45) is 0 Å². The third-order valence-electron chi connectivity index (χ3n) is 4.48. The molecule has 152 valence electrons. The van der Waals surface area contributed by atoms with E-state index in [0.29, 0.717) is 41.0 Å². The number of nitrogens with one attached hydrogen (secondary N) is 1. The second kappa shape index (κ2) is 8.74. The first-order valence-electron chi connectivity index (χ1n) is 9.13. The molecule has 0 unspecified atom stereocenters. The van der Waals surface area contributed by atoms with E-state index in [1.165, 1.54) is 11.8 Å². The van der Waals surface area contributed by atoms with Crippen LogP contribution < -0.4 is 20.3 Å². The van der Waals surface area contributed by atoms with Crippen LogP contribution in [0.15, 0.2) is 47.3 Å². The molecule has 1 heterocycles. The molecule has 8 nitrogen and oxygen atoms in total. The molecule has 0 aliphatic heterocycles. The van der Waals surface area contributed by atoms with E-state index in [9.17, 15) is 9.59 Å². The molecule has 0 fully saturated rings. The average Bonchev–Trinajstić information content (AvgIpc) is 2.73. The van der Waals surface area contributed by atoms with E-state index in [1.807, 2.05) is 19.0 Å². The summed E-state index contributed by atoms with van der Waals surface area (Å²) in [4.78, 5) is 27.9. The minimum Gasteiger partial charge on any atom is -0.497 e. The largest absolute Gasteiger partial charge is 0.497 e. The predicted octanol–water partition coefficient (Wildman–Crippen LogP) is 1.69. The molecule has 1 aromatic heterocycles. The predicted molar refractivity (Wildman–Crippen MR) is 111 cm³/mol. The summed E-state index contributed by atoms with van der Waals surface area (Å²) in [5, 5.41) is 8.15. The van der Waals surface area contributed by atoms with Gasteiger partial charge in [0, 0.05) is 24.5 Å². The number of likely N-dealkylation sites (N-methyl/N-ethyl adjacent to an activating group) is 1. The summed E-state index contributed by atoms with van der Waals surface area (Å²) in [6, 6.07) is 12.0. The first-order valence-corrected chi connectivity index (χ1v) is 9.13. The second-order valence-electron chi connectivity index (χ2n) is 6.71. The third-order valence-corrected chi connectivity index (χ3v) is 4.48. The zero-order valence-electron chi connectivity index (χ0n) is 16.9. The first kappa shape index (κ1) is 20.3. The summed E-state index contributed by atoms with van der Waals surface area (Å²) >= 11 is 0. The van der Waals surface area contributed by atoms with E-state index < -0.39 is 0 Å². The molecule has 0 bridgehead atoms. The molecule has 0 aliphatic carbocycles. The van der Waals surface area contributed by atoms with Crippen LogP contribution in [0.25, 0.3) is 16.5 Å². The highest BCUT2D eigenvalue weighted by Gasteiger charge is 2.19. The van der Waals surface area contributed by atoms with Crippen molar-refractivity contribution in [2.45, 2.75) is 0 Å². The molecule has 0 saturated carbocycles. The lowest BCUT2D eigenvalue weighted by Crippen LogP contribution is -2.34. The van der Waals surface area contributed by atoms with Gasteiger partial charge in [0.1, 0.15) is 17.2 Å². The summed E-state index contributed by atoms with van der Waals surface area (Å²) in [6.45, 7) is 1.16. The van der Waals surface area contributed by atoms with Gasteiger partial charge >= 0.3 is 0 Å². The number of benzene rings is 2. The number of ether oxygens (including phenoxy) is 2. The number of methoxy groups -OCH3 is 2. The van der Waals surface area contributed by atoms with Crippen LogP contribution in [0.3, 0.4) is 0 Å². The van der Waals surface area contributed by atoms with Gasteiger partial charge in [-0.15, -0.1) is 0 Å². The Hall–Kier alpha value is -3.39. The number of rotatable bonds is 7. The molecule has 0 radical (unpaired) electrons. The van der Waals surface area contributed by atoms with Gasteiger partial charge in [0.25, 0.3) is 11.5 Å². The van der Waals surface area contributed by atoms with Crippen molar-refractivity contribution in [3.8, 4) is 17.2 Å². The van der Waals surface area contributed by atoms with Gasteiger partial charge in [0.15, 0.2) is 5.69 Å². The quantitative estimate of drug-likeness (QED) is 0.654. The smallest absolute Gasteiger partial charge is 0.279 e. The van der Waals surface area contributed by atoms with Gasteiger partial charge in [0.05, 0.1) is 19.6 Å². The Morgan fingerprint density at radius 1 is 1.10 bits per heavy atom. The Bertz CT molecular complexity index is 1090. The highest BCUT2D eigenvalue weighted by atomic mass is 16.5. The minimum atomic E-state index is -0.343. The first-order chi connectivity index (χ1) is 14.0. The molecule has 3 rings (SSSR count). The van der Waals surface area contributed by atoms with Gasteiger partial charge in [-0.2, -0.15) is 9.78 Å². The maximum absolute atomic E-state index is 13.1. The highest BCUT2D eigenvalue weighted by molar-refractivity contribution is 6.04. The summed E-state index contributed by atoms with van der Waals surface area (Å²) in [5.41, 5.74) is 0.261. The standard InChI is InChI=1S/C21H24N4O4/c1-24(2)12-11-22-20(26)19-15-7-5-6-8-16(15)21(27)25(23-19)17-10-9-14(28-3)13-18(17)29-4/h5-10,13H,11-12H2,1-4H3,(H,22,26). The molecule has 1 amide bonds. The number of carbonyl (C=O) groups is 1. The van der Waals surface area contributed by atoms with Crippen LogP contribution in [-0.2, 0) is 0 Å². The molecular formula is C21H24N4O4. The lowest BCUT2D eigenvalue weighted by molar-refractivity contribution is 0.0946. The van der Waals surface area contributed by atoms with Gasteiger partial charge < -0.3 is 19.7 Å². The number of hydrogen-bond acceptors (Lipinski definition) is 6. The van der Waals surface area contributed by atoms with Gasteiger partial charge in [-0.25, -0.2) is 0 Å². The monoisotopic (exact) mass is 396 g/mol. The van der Waals surface area contributed by atoms with Crippen molar-refractivity contribution in [3.63, 3.8) is 0 Å². The van der Waals surface area contributed by atoms with E-state index in [2.05, 4.69) is 10.4 Å². The van der Waals surface area contributed by atoms with E-state index in [4.69, 9.17) is 9.47 Å². The maximum atomic E-state index is 13.1. The van der Waals surface area contributed by atoms with Gasteiger partial charge in [-0.05, 0) is 32.3 Å². The lowest BCUT2D eigenvalue weighted by Gasteiger charge is -2.15. The van der Waals surface area contributed by atoms with Crippen molar-refractivity contribution in [1.82, 2.24) is 20.0 Å². The fourth-order valence-corrected chi connectivity index (χ4v) is 2.96. The molecule has 8 heteroatoms. The van der Waals surface area contributed by atoms with Crippen LogP contribution in [0.2, 0.25) is 0 Å². The number of carbonyl (C=O) groups excluding carboxylic acids is 1. The van der Waals surface area contributed by atoms with Crippen LogP contribution in [0, 0.1) is 0 Å². The number of aromatic nitrogens is 2. The Kier molecular flexibility index (Phi) is 6.13.